The highest BCUT2D eigenvalue weighted by atomic mass is 35.5. The van der Waals surface area contributed by atoms with E-state index in [1.54, 1.807) is 18.2 Å². The van der Waals surface area contributed by atoms with E-state index in [-0.39, 0.29) is 17.9 Å². The van der Waals surface area contributed by atoms with E-state index in [1.165, 1.54) is 12.3 Å². The van der Waals surface area contributed by atoms with Gasteiger partial charge in [-0.2, -0.15) is 5.26 Å². The minimum atomic E-state index is -1.06. The first-order valence-electron chi connectivity index (χ1n) is 5.35. The van der Waals surface area contributed by atoms with Crippen molar-refractivity contribution in [3.63, 3.8) is 0 Å². The number of hydrogen-bond acceptors (Lipinski definition) is 4. The van der Waals surface area contributed by atoms with Crippen LogP contribution in [-0.4, -0.2) is 11.1 Å². The summed E-state index contributed by atoms with van der Waals surface area (Å²) in [7, 11) is 0. The van der Waals surface area contributed by atoms with E-state index in [0.717, 1.165) is 0 Å². The fourth-order valence-electron chi connectivity index (χ4n) is 1.60. The van der Waals surface area contributed by atoms with E-state index in [4.69, 9.17) is 26.4 Å². The lowest BCUT2D eigenvalue weighted by molar-refractivity contribution is 0.0694. The van der Waals surface area contributed by atoms with Crippen LogP contribution in [0.2, 0.25) is 5.02 Å². The topological polar surface area (TPSA) is 86.3 Å². The number of rotatable bonds is 4. The molecule has 0 aliphatic rings. The summed E-state index contributed by atoms with van der Waals surface area (Å²) in [5.74, 6) is -0.770. The lowest BCUT2D eigenvalue weighted by Crippen LogP contribution is -2.05. The molecule has 6 heteroatoms. The number of carboxylic acids is 1. The predicted molar refractivity (Wildman–Crippen MR) is 69.2 cm³/mol. The van der Waals surface area contributed by atoms with Crippen LogP contribution in [0.25, 0.3) is 0 Å². The summed E-state index contributed by atoms with van der Waals surface area (Å²) in [6.45, 7) is 0.156. The highest BCUT2D eigenvalue weighted by Gasteiger charge is 2.13. The molecular formula is C13H9ClN2O3. The summed E-state index contributed by atoms with van der Waals surface area (Å²) in [4.78, 5) is 10.9. The molecule has 1 heterocycles. The molecular weight excluding hydrogens is 268 g/mol. The highest BCUT2D eigenvalue weighted by molar-refractivity contribution is 6.30. The number of aromatic carboxylic acids is 1. The molecule has 0 aliphatic heterocycles. The number of carbonyl (C=O) groups is 1. The first kappa shape index (κ1) is 13.0. The van der Waals surface area contributed by atoms with Gasteiger partial charge in [0, 0.05) is 5.02 Å². The molecule has 1 aromatic carbocycles. The van der Waals surface area contributed by atoms with E-state index in [1.807, 2.05) is 6.07 Å². The fourth-order valence-corrected chi connectivity index (χ4v) is 1.78. The van der Waals surface area contributed by atoms with Crippen LogP contribution in [0.15, 0.2) is 34.9 Å². The van der Waals surface area contributed by atoms with Gasteiger partial charge in [0.05, 0.1) is 24.1 Å². The van der Waals surface area contributed by atoms with Crippen molar-refractivity contribution in [1.82, 2.24) is 0 Å². The van der Waals surface area contributed by atoms with Gasteiger partial charge in [-0.05, 0) is 24.3 Å². The van der Waals surface area contributed by atoms with Crippen molar-refractivity contribution in [1.29, 1.82) is 5.26 Å². The van der Waals surface area contributed by atoms with Gasteiger partial charge in [0.15, 0.2) is 0 Å². The SMILES string of the molecule is N#Cc1ccc(Cl)cc1NCc1occc1C(=O)O. The van der Waals surface area contributed by atoms with Crippen LogP contribution in [0.5, 0.6) is 0 Å². The number of anilines is 1. The van der Waals surface area contributed by atoms with E-state index in [0.29, 0.717) is 16.3 Å². The van der Waals surface area contributed by atoms with Gasteiger partial charge in [-0.1, -0.05) is 11.6 Å². The molecule has 0 saturated carbocycles. The molecule has 0 atom stereocenters. The van der Waals surface area contributed by atoms with Crippen molar-refractivity contribution in [3.8, 4) is 6.07 Å². The van der Waals surface area contributed by atoms with Crippen LogP contribution in [0.1, 0.15) is 21.7 Å². The zero-order chi connectivity index (χ0) is 13.8. The van der Waals surface area contributed by atoms with Crippen LogP contribution < -0.4 is 5.32 Å². The van der Waals surface area contributed by atoms with Crippen molar-refractivity contribution < 1.29 is 14.3 Å². The third-order valence-electron chi connectivity index (χ3n) is 2.52. The van der Waals surface area contributed by atoms with Crippen LogP contribution in [-0.2, 0) is 6.54 Å². The average Bonchev–Trinajstić information content (AvgIpc) is 2.85. The number of carboxylic acid groups (broad SMARTS) is 1. The summed E-state index contributed by atoms with van der Waals surface area (Å²) in [6.07, 6.45) is 1.31. The molecule has 2 rings (SSSR count). The molecule has 0 radical (unpaired) electrons. The zero-order valence-corrected chi connectivity index (χ0v) is 10.4. The number of benzene rings is 1. The Kier molecular flexibility index (Phi) is 3.74. The van der Waals surface area contributed by atoms with Crippen LogP contribution in [0.3, 0.4) is 0 Å². The number of halogens is 1. The number of furan rings is 1. The third-order valence-corrected chi connectivity index (χ3v) is 2.75. The van der Waals surface area contributed by atoms with Gasteiger partial charge in [0.2, 0.25) is 0 Å². The Morgan fingerprint density at radius 3 is 2.95 bits per heavy atom. The van der Waals surface area contributed by atoms with Crippen molar-refractivity contribution in [2.24, 2.45) is 0 Å². The second kappa shape index (κ2) is 5.46. The minimum Gasteiger partial charge on any atom is -0.478 e. The van der Waals surface area contributed by atoms with E-state index in [9.17, 15) is 4.79 Å². The van der Waals surface area contributed by atoms with Crippen LogP contribution in [0, 0.1) is 11.3 Å². The second-order valence-electron chi connectivity index (χ2n) is 3.72. The molecule has 19 heavy (non-hydrogen) atoms. The van der Waals surface area contributed by atoms with Crippen LogP contribution >= 0.6 is 11.6 Å². The Morgan fingerprint density at radius 2 is 2.26 bits per heavy atom. The molecule has 0 aliphatic carbocycles. The first-order valence-corrected chi connectivity index (χ1v) is 5.73. The summed E-state index contributed by atoms with van der Waals surface area (Å²) >= 11 is 5.85. The maximum Gasteiger partial charge on any atom is 0.339 e. The van der Waals surface area contributed by atoms with E-state index in [2.05, 4.69) is 5.32 Å². The van der Waals surface area contributed by atoms with Gasteiger partial charge in [-0.25, -0.2) is 4.79 Å². The maximum absolute atomic E-state index is 10.9. The van der Waals surface area contributed by atoms with Crippen molar-refractivity contribution in [2.45, 2.75) is 6.54 Å². The second-order valence-corrected chi connectivity index (χ2v) is 4.15. The largest absolute Gasteiger partial charge is 0.478 e. The standard InChI is InChI=1S/C13H9ClN2O3/c14-9-2-1-8(6-15)11(5-9)16-7-12-10(13(17)18)3-4-19-12/h1-5,16H,7H2,(H,17,18). The highest BCUT2D eigenvalue weighted by Crippen LogP contribution is 2.21. The summed E-state index contributed by atoms with van der Waals surface area (Å²) in [5.41, 5.74) is 1.05. The molecule has 2 aromatic rings. The molecule has 5 nitrogen and oxygen atoms in total. The van der Waals surface area contributed by atoms with Gasteiger partial charge < -0.3 is 14.8 Å². The Bertz CT molecular complexity index is 658. The van der Waals surface area contributed by atoms with Gasteiger partial charge >= 0.3 is 5.97 Å². The zero-order valence-electron chi connectivity index (χ0n) is 9.68. The fraction of sp³-hybridized carbons (Fsp3) is 0.0769. The monoisotopic (exact) mass is 276 g/mol. The first-order chi connectivity index (χ1) is 9.11. The third kappa shape index (κ3) is 2.87. The Balaban J connectivity index is 2.19. The molecule has 2 N–H and O–H groups in total. The molecule has 0 bridgehead atoms. The van der Waals surface area contributed by atoms with Crippen molar-refractivity contribution in [3.05, 3.63) is 52.4 Å². The summed E-state index contributed by atoms with van der Waals surface area (Å²) in [6, 6.07) is 8.20. The Labute approximate surface area is 114 Å². The summed E-state index contributed by atoms with van der Waals surface area (Å²) < 4.78 is 5.09. The molecule has 0 fully saturated rings. The number of hydrogen-bond donors (Lipinski definition) is 2. The van der Waals surface area contributed by atoms with Crippen LogP contribution in [0.4, 0.5) is 5.69 Å². The van der Waals surface area contributed by atoms with Gasteiger partial charge in [0.1, 0.15) is 17.4 Å². The molecule has 0 saturated heterocycles. The van der Waals surface area contributed by atoms with Gasteiger partial charge in [-0.15, -0.1) is 0 Å². The smallest absolute Gasteiger partial charge is 0.339 e. The number of nitriles is 1. The van der Waals surface area contributed by atoms with E-state index < -0.39 is 5.97 Å². The number of nitrogens with one attached hydrogen (secondary N) is 1. The maximum atomic E-state index is 10.9. The average molecular weight is 277 g/mol. The number of nitrogens with zero attached hydrogens (tertiary/aromatic N) is 1. The van der Waals surface area contributed by atoms with Crippen molar-refractivity contribution in [2.75, 3.05) is 5.32 Å². The minimum absolute atomic E-state index is 0.0908. The Morgan fingerprint density at radius 1 is 1.47 bits per heavy atom. The van der Waals surface area contributed by atoms with Crippen molar-refractivity contribution >= 4 is 23.3 Å². The molecule has 0 unspecified atom stereocenters. The van der Waals surface area contributed by atoms with E-state index >= 15 is 0 Å². The normalized spacial score (nSPS) is 9.89. The quantitative estimate of drug-likeness (QED) is 0.896. The predicted octanol–water partition coefficient (Wildman–Crippen LogP) is 3.11. The molecule has 96 valence electrons. The van der Waals surface area contributed by atoms with Gasteiger partial charge in [-0.3, -0.25) is 0 Å². The molecule has 1 aromatic heterocycles. The Hall–Kier alpha value is -2.45. The molecule has 0 amide bonds. The lowest BCUT2D eigenvalue weighted by atomic mass is 10.2. The lowest BCUT2D eigenvalue weighted by Gasteiger charge is -2.07. The molecule has 0 spiro atoms. The summed E-state index contributed by atoms with van der Waals surface area (Å²) in [5, 5.41) is 21.3. The van der Waals surface area contributed by atoms with Gasteiger partial charge in [0.25, 0.3) is 0 Å².